The molecule has 0 aromatic carbocycles. The van der Waals surface area contributed by atoms with E-state index in [1.807, 2.05) is 0 Å². The van der Waals surface area contributed by atoms with Crippen LogP contribution in [0.2, 0.25) is 0 Å². The van der Waals surface area contributed by atoms with Crippen LogP contribution in [0.15, 0.2) is 0 Å². The number of alkyl halides is 2. The van der Waals surface area contributed by atoms with Crippen molar-refractivity contribution in [1.29, 1.82) is 0 Å². The predicted molar refractivity (Wildman–Crippen MR) is 67.7 cm³/mol. The number of nitrogens with one attached hydrogen (secondary N) is 1. The topological polar surface area (TPSA) is 86.6 Å². The molecule has 0 unspecified atom stereocenters. The fourth-order valence-electron chi connectivity index (χ4n) is 4.07. The first kappa shape index (κ1) is 14.7. The Kier molecular flexibility index (Phi) is 3.06. The number of aliphatic carboxylic acids is 1. The van der Waals surface area contributed by atoms with E-state index in [4.69, 9.17) is 0 Å². The molecule has 21 heavy (non-hydrogen) atoms. The smallest absolute Gasteiger partial charge is 0.319 e. The first-order valence-corrected chi connectivity index (χ1v) is 7.31. The van der Waals surface area contributed by atoms with E-state index in [0.29, 0.717) is 0 Å². The summed E-state index contributed by atoms with van der Waals surface area (Å²) in [5.41, 5.74) is -1.54. The molecule has 3 saturated carbocycles. The van der Waals surface area contributed by atoms with Gasteiger partial charge in [0, 0.05) is 6.42 Å². The zero-order valence-corrected chi connectivity index (χ0v) is 11.6. The lowest BCUT2D eigenvalue weighted by Gasteiger charge is -2.58. The number of hydrogen-bond acceptors (Lipinski definition) is 3. The fourth-order valence-corrected chi connectivity index (χ4v) is 4.07. The Morgan fingerprint density at radius 3 is 2.14 bits per heavy atom. The average molecular weight is 303 g/mol. The third-order valence-corrected chi connectivity index (χ3v) is 5.53. The lowest BCUT2D eigenvalue weighted by Crippen LogP contribution is -2.63. The van der Waals surface area contributed by atoms with Crippen LogP contribution in [0.5, 0.6) is 0 Å². The first-order chi connectivity index (χ1) is 9.71. The van der Waals surface area contributed by atoms with Crippen LogP contribution in [0.1, 0.15) is 44.9 Å². The molecular formula is C14H19F2NO4. The Hall–Kier alpha value is -1.24. The van der Waals surface area contributed by atoms with Crippen LogP contribution in [-0.2, 0) is 9.59 Å². The van der Waals surface area contributed by atoms with Gasteiger partial charge in [-0.1, -0.05) is 6.42 Å². The highest BCUT2D eigenvalue weighted by atomic mass is 19.3. The zero-order valence-electron chi connectivity index (χ0n) is 11.6. The summed E-state index contributed by atoms with van der Waals surface area (Å²) < 4.78 is 26.5. The van der Waals surface area contributed by atoms with Crippen LogP contribution in [0.25, 0.3) is 0 Å². The van der Waals surface area contributed by atoms with Crippen LogP contribution in [0.4, 0.5) is 8.78 Å². The standard InChI is InChI=1S/C14H19F2NO4/c15-14(16)5-2-8(9(14)18)17-10(19)13(11(20)21)6-12(7-13)3-1-4-12/h8-9,18H,1-7H2,(H,17,19)(H,20,21)/t8-,9+/m0/s1. The summed E-state index contributed by atoms with van der Waals surface area (Å²) >= 11 is 0. The Balaban J connectivity index is 1.68. The van der Waals surface area contributed by atoms with Gasteiger partial charge in [0.2, 0.25) is 5.91 Å². The lowest BCUT2D eigenvalue weighted by molar-refractivity contribution is -0.182. The maximum absolute atomic E-state index is 13.3. The third kappa shape index (κ3) is 2.05. The van der Waals surface area contributed by atoms with Gasteiger partial charge in [-0.3, -0.25) is 9.59 Å². The molecule has 0 saturated heterocycles. The number of carbonyl (C=O) groups is 2. The van der Waals surface area contributed by atoms with Gasteiger partial charge in [-0.15, -0.1) is 0 Å². The monoisotopic (exact) mass is 303 g/mol. The number of aliphatic hydroxyl groups excluding tert-OH is 1. The largest absolute Gasteiger partial charge is 0.480 e. The van der Waals surface area contributed by atoms with E-state index in [1.165, 1.54) is 0 Å². The van der Waals surface area contributed by atoms with Crippen molar-refractivity contribution < 1.29 is 28.6 Å². The predicted octanol–water partition coefficient (Wildman–Crippen LogP) is 1.30. The van der Waals surface area contributed by atoms with Crippen molar-refractivity contribution in [2.45, 2.75) is 63.0 Å². The van der Waals surface area contributed by atoms with Crippen LogP contribution in [0.3, 0.4) is 0 Å². The molecular weight excluding hydrogens is 284 g/mol. The van der Waals surface area contributed by atoms with Gasteiger partial charge in [0.25, 0.3) is 5.92 Å². The van der Waals surface area contributed by atoms with Crippen molar-refractivity contribution in [3.05, 3.63) is 0 Å². The molecule has 0 bridgehead atoms. The summed E-state index contributed by atoms with van der Waals surface area (Å²) in [6.45, 7) is 0. The minimum Gasteiger partial charge on any atom is -0.480 e. The fraction of sp³-hybridized carbons (Fsp3) is 0.857. The Bertz CT molecular complexity index is 481. The number of hydrogen-bond donors (Lipinski definition) is 3. The lowest BCUT2D eigenvalue weighted by atomic mass is 9.45. The number of carboxylic acid groups (broad SMARTS) is 1. The maximum atomic E-state index is 13.3. The molecule has 3 fully saturated rings. The number of halogens is 2. The highest BCUT2D eigenvalue weighted by molar-refractivity contribution is 6.03. The van der Waals surface area contributed by atoms with Crippen molar-refractivity contribution in [3.63, 3.8) is 0 Å². The number of carboxylic acids is 1. The van der Waals surface area contributed by atoms with E-state index >= 15 is 0 Å². The molecule has 1 amide bonds. The highest BCUT2D eigenvalue weighted by Gasteiger charge is 2.65. The summed E-state index contributed by atoms with van der Waals surface area (Å²) in [6, 6.07) is -1.07. The number of carbonyl (C=O) groups excluding carboxylic acids is 1. The highest BCUT2D eigenvalue weighted by Crippen LogP contribution is 2.64. The van der Waals surface area contributed by atoms with E-state index < -0.39 is 41.8 Å². The molecule has 0 aromatic heterocycles. The molecule has 3 rings (SSSR count). The van der Waals surface area contributed by atoms with Gasteiger partial charge in [0.15, 0.2) is 0 Å². The van der Waals surface area contributed by atoms with Crippen LogP contribution >= 0.6 is 0 Å². The van der Waals surface area contributed by atoms with Crippen molar-refractivity contribution in [2.75, 3.05) is 0 Å². The molecule has 3 aliphatic carbocycles. The average Bonchev–Trinajstić information content (AvgIpc) is 2.53. The molecule has 1 spiro atoms. The van der Waals surface area contributed by atoms with E-state index in [1.54, 1.807) is 0 Å². The van der Waals surface area contributed by atoms with Gasteiger partial charge >= 0.3 is 5.97 Å². The molecule has 0 heterocycles. The van der Waals surface area contributed by atoms with Gasteiger partial charge in [-0.05, 0) is 37.5 Å². The molecule has 2 atom stereocenters. The number of rotatable bonds is 3. The van der Waals surface area contributed by atoms with Gasteiger partial charge in [-0.2, -0.15) is 0 Å². The van der Waals surface area contributed by atoms with Crippen LogP contribution in [0, 0.1) is 10.8 Å². The normalized spacial score (nSPS) is 34.8. The SMILES string of the molecule is O=C(O)C1(C(=O)N[C@H]2CCC(F)(F)[C@@H]2O)CC2(CCC2)C1. The quantitative estimate of drug-likeness (QED) is 0.686. The summed E-state index contributed by atoms with van der Waals surface area (Å²) in [5, 5.41) is 21.2. The number of amides is 1. The molecule has 0 aromatic rings. The molecule has 0 radical (unpaired) electrons. The zero-order chi connectivity index (χ0) is 15.5. The molecule has 3 aliphatic rings. The maximum Gasteiger partial charge on any atom is 0.319 e. The first-order valence-electron chi connectivity index (χ1n) is 7.31. The molecule has 118 valence electrons. The van der Waals surface area contributed by atoms with Gasteiger partial charge in [0.1, 0.15) is 11.5 Å². The number of aliphatic hydroxyl groups is 1. The molecule has 5 nitrogen and oxygen atoms in total. The summed E-state index contributed by atoms with van der Waals surface area (Å²) in [5.74, 6) is -5.14. The molecule has 0 aliphatic heterocycles. The van der Waals surface area contributed by atoms with E-state index in [0.717, 1.165) is 19.3 Å². The minimum absolute atomic E-state index is 0.0338. The second kappa shape index (κ2) is 4.38. The molecule has 3 N–H and O–H groups in total. The van der Waals surface area contributed by atoms with Gasteiger partial charge in [0.05, 0.1) is 6.04 Å². The Morgan fingerprint density at radius 1 is 1.14 bits per heavy atom. The van der Waals surface area contributed by atoms with Gasteiger partial charge < -0.3 is 15.5 Å². The third-order valence-electron chi connectivity index (χ3n) is 5.53. The van der Waals surface area contributed by atoms with Crippen LogP contribution < -0.4 is 5.32 Å². The second-order valence-corrected chi connectivity index (χ2v) is 6.92. The second-order valence-electron chi connectivity index (χ2n) is 6.92. The Morgan fingerprint density at radius 2 is 1.76 bits per heavy atom. The minimum atomic E-state index is -3.22. The van der Waals surface area contributed by atoms with Crippen LogP contribution in [-0.4, -0.2) is 40.2 Å². The van der Waals surface area contributed by atoms with Crippen molar-refractivity contribution in [2.24, 2.45) is 10.8 Å². The van der Waals surface area contributed by atoms with Crippen molar-refractivity contribution in [3.8, 4) is 0 Å². The summed E-state index contributed by atoms with van der Waals surface area (Å²) in [4.78, 5) is 23.8. The summed E-state index contributed by atoms with van der Waals surface area (Å²) in [7, 11) is 0. The van der Waals surface area contributed by atoms with E-state index in [2.05, 4.69) is 5.32 Å². The van der Waals surface area contributed by atoms with E-state index in [9.17, 15) is 28.6 Å². The summed E-state index contributed by atoms with van der Waals surface area (Å²) in [6.07, 6.45) is 0.985. The van der Waals surface area contributed by atoms with Gasteiger partial charge in [-0.25, -0.2) is 8.78 Å². The van der Waals surface area contributed by atoms with Crippen molar-refractivity contribution >= 4 is 11.9 Å². The van der Waals surface area contributed by atoms with E-state index in [-0.39, 0.29) is 24.7 Å². The van der Waals surface area contributed by atoms with Crippen molar-refractivity contribution in [1.82, 2.24) is 5.32 Å². The Labute approximate surface area is 120 Å². The molecule has 7 heteroatoms.